The van der Waals surface area contributed by atoms with Crippen LogP contribution < -0.4 is 0 Å². The second-order valence-corrected chi connectivity index (χ2v) is 5.14. The molecule has 1 N–H and O–H groups in total. The van der Waals surface area contributed by atoms with Gasteiger partial charge in [-0.2, -0.15) is 0 Å². The van der Waals surface area contributed by atoms with Crippen LogP contribution in [0.3, 0.4) is 0 Å². The first-order chi connectivity index (χ1) is 9.66. The van der Waals surface area contributed by atoms with Crippen molar-refractivity contribution in [1.29, 1.82) is 0 Å². The number of aliphatic hydroxyl groups excluding tert-OH is 1. The first-order valence-corrected chi connectivity index (χ1v) is 6.76. The smallest absolute Gasteiger partial charge is 0.121 e. The number of nitrogens with zero attached hydrogens (tertiary/aromatic N) is 1. The summed E-state index contributed by atoms with van der Waals surface area (Å²) in [5.74, 6) is 0. The molecule has 0 radical (unpaired) electrons. The van der Waals surface area contributed by atoms with Crippen molar-refractivity contribution in [1.82, 2.24) is 4.98 Å². The lowest BCUT2D eigenvalue weighted by atomic mass is 9.99. The molecule has 3 rings (SSSR count). The Bertz CT molecular complexity index is 764. The molecule has 0 aliphatic rings. The summed E-state index contributed by atoms with van der Waals surface area (Å²) in [6.45, 7) is 4.06. The molecule has 0 fully saturated rings. The minimum atomic E-state index is -0.681. The van der Waals surface area contributed by atoms with Gasteiger partial charge in [-0.05, 0) is 42.7 Å². The van der Waals surface area contributed by atoms with Crippen molar-refractivity contribution in [2.45, 2.75) is 20.0 Å². The highest BCUT2D eigenvalue weighted by Crippen LogP contribution is 2.26. The number of pyridine rings is 1. The van der Waals surface area contributed by atoms with Crippen LogP contribution in [-0.2, 0) is 0 Å². The molecule has 3 aromatic rings. The van der Waals surface area contributed by atoms with Crippen molar-refractivity contribution in [3.8, 4) is 0 Å². The number of rotatable bonds is 2. The van der Waals surface area contributed by atoms with E-state index in [2.05, 4.69) is 18.0 Å². The van der Waals surface area contributed by atoms with Crippen LogP contribution in [0.4, 0.5) is 0 Å². The highest BCUT2D eigenvalue weighted by atomic mass is 16.3. The van der Waals surface area contributed by atoms with Gasteiger partial charge >= 0.3 is 0 Å². The van der Waals surface area contributed by atoms with Gasteiger partial charge in [0.25, 0.3) is 0 Å². The molecule has 1 atom stereocenters. The highest BCUT2D eigenvalue weighted by Gasteiger charge is 2.15. The monoisotopic (exact) mass is 263 g/mol. The van der Waals surface area contributed by atoms with E-state index in [1.807, 2.05) is 55.5 Å². The molecule has 0 aliphatic carbocycles. The number of aromatic nitrogens is 1. The van der Waals surface area contributed by atoms with Gasteiger partial charge in [0.15, 0.2) is 0 Å². The number of aliphatic hydroxyl groups is 1. The third-order valence-electron chi connectivity index (χ3n) is 3.71. The molecule has 20 heavy (non-hydrogen) atoms. The average molecular weight is 263 g/mol. The summed E-state index contributed by atoms with van der Waals surface area (Å²) < 4.78 is 0. The molecule has 1 unspecified atom stereocenters. The molecule has 0 saturated heterocycles. The van der Waals surface area contributed by atoms with Gasteiger partial charge < -0.3 is 5.11 Å². The second-order valence-electron chi connectivity index (χ2n) is 5.14. The number of para-hydroxylation sites is 1. The molecule has 1 aromatic heterocycles. The summed E-state index contributed by atoms with van der Waals surface area (Å²) in [5.41, 5.74) is 4.76. The topological polar surface area (TPSA) is 33.1 Å². The zero-order valence-corrected chi connectivity index (χ0v) is 11.7. The van der Waals surface area contributed by atoms with Crippen LogP contribution >= 0.6 is 0 Å². The quantitative estimate of drug-likeness (QED) is 0.760. The molecule has 0 amide bonds. The largest absolute Gasteiger partial charge is 0.382 e. The summed E-state index contributed by atoms with van der Waals surface area (Å²) >= 11 is 0. The van der Waals surface area contributed by atoms with Crippen LogP contribution in [0, 0.1) is 13.8 Å². The van der Waals surface area contributed by atoms with Crippen LogP contribution in [0.5, 0.6) is 0 Å². The fourth-order valence-corrected chi connectivity index (χ4v) is 2.57. The fourth-order valence-electron chi connectivity index (χ4n) is 2.57. The predicted molar refractivity (Wildman–Crippen MR) is 81.7 cm³/mol. The van der Waals surface area contributed by atoms with E-state index in [1.165, 1.54) is 0 Å². The van der Waals surface area contributed by atoms with Gasteiger partial charge in [0.1, 0.15) is 6.10 Å². The van der Waals surface area contributed by atoms with Gasteiger partial charge in [0.2, 0.25) is 0 Å². The van der Waals surface area contributed by atoms with Gasteiger partial charge in [-0.1, -0.05) is 42.5 Å². The zero-order valence-electron chi connectivity index (χ0n) is 11.7. The maximum atomic E-state index is 10.6. The zero-order chi connectivity index (χ0) is 14.1. The molecule has 0 saturated carbocycles. The Kier molecular flexibility index (Phi) is 3.25. The van der Waals surface area contributed by atoms with Crippen molar-refractivity contribution < 1.29 is 5.11 Å². The average Bonchev–Trinajstić information content (AvgIpc) is 2.47. The van der Waals surface area contributed by atoms with Crippen LogP contribution in [-0.4, -0.2) is 10.1 Å². The molecule has 2 aromatic carbocycles. The first-order valence-electron chi connectivity index (χ1n) is 6.76. The molecular formula is C18H17NO. The lowest BCUT2D eigenvalue weighted by Crippen LogP contribution is -2.05. The summed E-state index contributed by atoms with van der Waals surface area (Å²) in [6, 6.07) is 17.9. The summed E-state index contributed by atoms with van der Waals surface area (Å²) in [7, 11) is 0. The van der Waals surface area contributed by atoms with Gasteiger partial charge in [0, 0.05) is 5.39 Å². The Hall–Kier alpha value is -2.19. The lowest BCUT2D eigenvalue weighted by molar-refractivity contribution is 0.215. The summed E-state index contributed by atoms with van der Waals surface area (Å²) in [4.78, 5) is 4.60. The Morgan fingerprint density at radius 2 is 1.60 bits per heavy atom. The number of hydrogen-bond acceptors (Lipinski definition) is 2. The molecular weight excluding hydrogens is 246 g/mol. The number of aryl methyl sites for hydroxylation is 2. The van der Waals surface area contributed by atoms with E-state index in [1.54, 1.807) is 0 Å². The SMILES string of the molecule is Cc1ccccc1C(O)c1cc(C)c2ccccc2n1. The summed E-state index contributed by atoms with van der Waals surface area (Å²) in [5, 5.41) is 11.7. The number of hydrogen-bond donors (Lipinski definition) is 1. The first kappa shape index (κ1) is 12.8. The number of fused-ring (bicyclic) bond motifs is 1. The highest BCUT2D eigenvalue weighted by molar-refractivity contribution is 5.82. The van der Waals surface area contributed by atoms with Crippen molar-refractivity contribution in [3.05, 3.63) is 77.0 Å². The minimum Gasteiger partial charge on any atom is -0.382 e. The molecule has 0 bridgehead atoms. The van der Waals surface area contributed by atoms with Crippen LogP contribution in [0.15, 0.2) is 54.6 Å². The normalized spacial score (nSPS) is 12.6. The van der Waals surface area contributed by atoms with Crippen LogP contribution in [0.25, 0.3) is 10.9 Å². The molecule has 2 heteroatoms. The maximum absolute atomic E-state index is 10.6. The Morgan fingerprint density at radius 1 is 0.900 bits per heavy atom. The molecule has 1 heterocycles. The maximum Gasteiger partial charge on any atom is 0.121 e. The minimum absolute atomic E-state index is 0.681. The molecule has 0 spiro atoms. The van der Waals surface area contributed by atoms with Gasteiger partial charge in [-0.3, -0.25) is 0 Å². The summed E-state index contributed by atoms with van der Waals surface area (Å²) in [6.07, 6.45) is -0.681. The van der Waals surface area contributed by atoms with E-state index in [4.69, 9.17) is 0 Å². The van der Waals surface area contributed by atoms with Crippen molar-refractivity contribution in [3.63, 3.8) is 0 Å². The van der Waals surface area contributed by atoms with E-state index < -0.39 is 6.10 Å². The van der Waals surface area contributed by atoms with Crippen LogP contribution in [0.1, 0.15) is 28.5 Å². The van der Waals surface area contributed by atoms with Crippen molar-refractivity contribution in [2.24, 2.45) is 0 Å². The van der Waals surface area contributed by atoms with E-state index in [-0.39, 0.29) is 0 Å². The van der Waals surface area contributed by atoms with Gasteiger partial charge in [-0.25, -0.2) is 4.98 Å². The van der Waals surface area contributed by atoms with E-state index in [9.17, 15) is 5.11 Å². The van der Waals surface area contributed by atoms with Gasteiger partial charge in [-0.15, -0.1) is 0 Å². The molecule has 100 valence electrons. The predicted octanol–water partition coefficient (Wildman–Crippen LogP) is 3.93. The standard InChI is InChI=1S/C18H17NO/c1-12-7-3-4-9-15(12)18(20)17-11-13(2)14-8-5-6-10-16(14)19-17/h3-11,18,20H,1-2H3. The van der Waals surface area contributed by atoms with E-state index in [0.29, 0.717) is 5.69 Å². The number of benzene rings is 2. The lowest BCUT2D eigenvalue weighted by Gasteiger charge is -2.15. The van der Waals surface area contributed by atoms with Crippen molar-refractivity contribution in [2.75, 3.05) is 0 Å². The Labute approximate surface area is 118 Å². The third-order valence-corrected chi connectivity index (χ3v) is 3.71. The molecule has 2 nitrogen and oxygen atoms in total. The molecule has 0 aliphatic heterocycles. The second kappa shape index (κ2) is 5.06. The van der Waals surface area contributed by atoms with Crippen LogP contribution in [0.2, 0.25) is 0 Å². The van der Waals surface area contributed by atoms with Gasteiger partial charge in [0.05, 0.1) is 11.2 Å². The van der Waals surface area contributed by atoms with E-state index in [0.717, 1.165) is 27.6 Å². The van der Waals surface area contributed by atoms with E-state index >= 15 is 0 Å². The fraction of sp³-hybridized carbons (Fsp3) is 0.167. The Morgan fingerprint density at radius 3 is 2.40 bits per heavy atom. The van der Waals surface area contributed by atoms with Crippen molar-refractivity contribution >= 4 is 10.9 Å². The Balaban J connectivity index is 2.13. The third kappa shape index (κ3) is 2.19.